The van der Waals surface area contributed by atoms with Crippen molar-refractivity contribution in [3.05, 3.63) is 0 Å². The monoisotopic (exact) mass is 1230 g/mol. The van der Waals surface area contributed by atoms with Crippen molar-refractivity contribution in [2.45, 2.75) is 324 Å². The number of ether oxygens (including phenoxy) is 4. The predicted octanol–water partition coefficient (Wildman–Crippen LogP) is 17.4. The van der Waals surface area contributed by atoms with E-state index in [0.29, 0.717) is 31.6 Å². The fraction of sp³-hybridized carbons (Fsp3) is 0.938. The van der Waals surface area contributed by atoms with Gasteiger partial charge in [-0.2, -0.15) is 0 Å². The Labute approximate surface area is 505 Å². The molecule has 0 bridgehead atoms. The van der Waals surface area contributed by atoms with E-state index < -0.39 is 97.5 Å². The molecule has 0 amide bonds. The number of aliphatic hydroxyl groups is 1. The average Bonchev–Trinajstić information content (AvgIpc) is 3.45. The van der Waals surface area contributed by atoms with Crippen LogP contribution < -0.4 is 0 Å². The molecule has 492 valence electrons. The number of unbranched alkanes of at least 4 members (excludes halogenated alkanes) is 25. The average molecular weight is 1230 g/mol. The van der Waals surface area contributed by atoms with Gasteiger partial charge in [-0.25, -0.2) is 9.13 Å². The van der Waals surface area contributed by atoms with E-state index in [1.807, 2.05) is 0 Å². The fourth-order valence-electron chi connectivity index (χ4n) is 9.36. The van der Waals surface area contributed by atoms with E-state index in [-0.39, 0.29) is 25.7 Å². The van der Waals surface area contributed by atoms with Crippen LogP contribution in [0.15, 0.2) is 0 Å². The molecule has 0 heterocycles. The van der Waals surface area contributed by atoms with Crippen molar-refractivity contribution in [1.29, 1.82) is 0 Å². The fourth-order valence-corrected chi connectivity index (χ4v) is 10.9. The van der Waals surface area contributed by atoms with Crippen LogP contribution in [-0.2, 0) is 65.4 Å². The van der Waals surface area contributed by atoms with E-state index in [1.165, 1.54) is 103 Å². The summed E-state index contributed by atoms with van der Waals surface area (Å²) in [6, 6.07) is 0. The number of hydrogen-bond donors (Lipinski definition) is 3. The second-order valence-electron chi connectivity index (χ2n) is 24.6. The summed E-state index contributed by atoms with van der Waals surface area (Å²) in [5.74, 6) is 0.746. The Hall–Kier alpha value is -1.94. The van der Waals surface area contributed by atoms with Crippen molar-refractivity contribution in [3.63, 3.8) is 0 Å². The van der Waals surface area contributed by atoms with Gasteiger partial charge < -0.3 is 33.8 Å². The molecule has 3 N–H and O–H groups in total. The Morgan fingerprint density at radius 2 is 0.578 bits per heavy atom. The standard InChI is InChI=1S/C64H124O17P2/c1-9-56(7)42-34-26-19-22-29-37-45-62(67)75-51-60(80-63(68)46-38-30-21-18-25-33-41-55(5)6)53-79-83(72,73)77-49-58(65)48-76-82(70,71)78-52-59(81-64(69)47-39-31-23-20-27-35-43-57(8)10-2)50-74-61(66)44-36-28-17-15-13-11-12-14-16-24-32-40-54(3)4/h54-60,65H,9-53H2,1-8H3,(H,70,71)(H,72,73)/t56?,57?,58-,59-,60-/m1/s1. The van der Waals surface area contributed by atoms with Crippen molar-refractivity contribution in [2.75, 3.05) is 39.6 Å². The number of aliphatic hydroxyl groups excluding tert-OH is 1. The predicted molar refractivity (Wildman–Crippen MR) is 331 cm³/mol. The zero-order chi connectivity index (χ0) is 61.8. The topological polar surface area (TPSA) is 237 Å². The van der Waals surface area contributed by atoms with Crippen LogP contribution in [0.1, 0.15) is 306 Å². The first-order chi connectivity index (χ1) is 39.7. The van der Waals surface area contributed by atoms with E-state index in [9.17, 15) is 43.2 Å². The van der Waals surface area contributed by atoms with Gasteiger partial charge in [0.2, 0.25) is 0 Å². The molecule has 0 aliphatic heterocycles. The molecule has 83 heavy (non-hydrogen) atoms. The molecule has 0 spiro atoms. The summed E-state index contributed by atoms with van der Waals surface area (Å²) in [4.78, 5) is 72.2. The van der Waals surface area contributed by atoms with Crippen LogP contribution in [0.4, 0.5) is 0 Å². The number of carbonyl (C=O) groups excluding carboxylic acids is 4. The van der Waals surface area contributed by atoms with Crippen LogP contribution in [0, 0.1) is 23.7 Å². The zero-order valence-corrected chi connectivity index (χ0v) is 55.6. The van der Waals surface area contributed by atoms with Gasteiger partial charge in [0, 0.05) is 25.7 Å². The summed E-state index contributed by atoms with van der Waals surface area (Å²) in [7, 11) is -9.89. The van der Waals surface area contributed by atoms with E-state index in [1.54, 1.807) is 0 Å². The summed E-state index contributed by atoms with van der Waals surface area (Å²) in [6.07, 6.45) is 33.7. The number of phosphoric acid groups is 2. The lowest BCUT2D eigenvalue weighted by Crippen LogP contribution is -2.30. The summed E-state index contributed by atoms with van der Waals surface area (Å²) < 4.78 is 67.9. The van der Waals surface area contributed by atoms with Crippen molar-refractivity contribution < 1.29 is 80.2 Å². The van der Waals surface area contributed by atoms with Gasteiger partial charge in [-0.15, -0.1) is 0 Å². The molecule has 17 nitrogen and oxygen atoms in total. The highest BCUT2D eigenvalue weighted by Gasteiger charge is 2.30. The van der Waals surface area contributed by atoms with Gasteiger partial charge >= 0.3 is 39.5 Å². The molecule has 4 unspecified atom stereocenters. The second kappa shape index (κ2) is 54.2. The highest BCUT2D eigenvalue weighted by atomic mass is 31.2. The first kappa shape index (κ1) is 81.1. The maximum atomic E-state index is 13.0. The van der Waals surface area contributed by atoms with Crippen molar-refractivity contribution in [1.82, 2.24) is 0 Å². The minimum atomic E-state index is -4.95. The van der Waals surface area contributed by atoms with Crippen LogP contribution >= 0.6 is 15.6 Å². The van der Waals surface area contributed by atoms with Gasteiger partial charge in [0.1, 0.15) is 19.3 Å². The van der Waals surface area contributed by atoms with Crippen molar-refractivity contribution >= 4 is 39.5 Å². The molecular formula is C64H124O17P2. The molecule has 0 fully saturated rings. The summed E-state index contributed by atoms with van der Waals surface area (Å²) in [6.45, 7) is 13.9. The highest BCUT2D eigenvalue weighted by molar-refractivity contribution is 7.47. The zero-order valence-electron chi connectivity index (χ0n) is 53.8. The molecule has 0 aromatic heterocycles. The molecule has 0 radical (unpaired) electrons. The van der Waals surface area contributed by atoms with Gasteiger partial charge in [-0.05, 0) is 49.4 Å². The summed E-state index contributed by atoms with van der Waals surface area (Å²) >= 11 is 0. The maximum Gasteiger partial charge on any atom is 0.472 e. The summed E-state index contributed by atoms with van der Waals surface area (Å²) in [5, 5.41) is 10.5. The van der Waals surface area contributed by atoms with Gasteiger partial charge in [0.15, 0.2) is 12.2 Å². The molecule has 0 saturated carbocycles. The van der Waals surface area contributed by atoms with Crippen LogP contribution in [0.2, 0.25) is 0 Å². The van der Waals surface area contributed by atoms with Crippen LogP contribution in [-0.4, -0.2) is 96.7 Å². The van der Waals surface area contributed by atoms with Gasteiger partial charge in [-0.3, -0.25) is 37.3 Å². The number of esters is 4. The number of hydrogen-bond acceptors (Lipinski definition) is 15. The minimum absolute atomic E-state index is 0.100. The minimum Gasteiger partial charge on any atom is -0.462 e. The van der Waals surface area contributed by atoms with Gasteiger partial charge in [0.05, 0.1) is 26.4 Å². The molecule has 19 heteroatoms. The molecule has 0 aliphatic carbocycles. The van der Waals surface area contributed by atoms with Crippen LogP contribution in [0.5, 0.6) is 0 Å². The van der Waals surface area contributed by atoms with Crippen molar-refractivity contribution in [3.8, 4) is 0 Å². The first-order valence-electron chi connectivity index (χ1n) is 33.3. The third kappa shape index (κ3) is 56.3. The van der Waals surface area contributed by atoms with Crippen LogP contribution in [0.3, 0.4) is 0 Å². The maximum absolute atomic E-state index is 13.0. The third-order valence-corrected chi connectivity index (χ3v) is 17.2. The molecule has 0 rings (SSSR count). The third-order valence-electron chi connectivity index (χ3n) is 15.3. The second-order valence-corrected chi connectivity index (χ2v) is 27.5. The molecule has 0 aromatic carbocycles. The normalized spacial score (nSPS) is 15.1. The highest BCUT2D eigenvalue weighted by Crippen LogP contribution is 2.45. The molecular weight excluding hydrogens is 1100 g/mol. The SMILES string of the molecule is CCC(C)CCCCCCCCC(=O)OC[C@H](COP(=O)(O)OC[C@H](O)COP(=O)(O)OC[C@@H](COC(=O)CCCCCCCCCCCCCC(C)C)OC(=O)CCCCCCCCC(C)CC)OC(=O)CCCCCCCCC(C)C. The van der Waals surface area contributed by atoms with E-state index in [0.717, 1.165) is 114 Å². The Bertz CT molecular complexity index is 1670. The van der Waals surface area contributed by atoms with Gasteiger partial charge in [-0.1, -0.05) is 254 Å². The summed E-state index contributed by atoms with van der Waals surface area (Å²) in [5.41, 5.74) is 0. The van der Waals surface area contributed by atoms with E-state index in [2.05, 4.69) is 55.4 Å². The molecule has 0 saturated heterocycles. The number of carbonyl (C=O) groups is 4. The Morgan fingerprint density at radius 1 is 0.337 bits per heavy atom. The lowest BCUT2D eigenvalue weighted by Gasteiger charge is -2.21. The van der Waals surface area contributed by atoms with Gasteiger partial charge in [0.25, 0.3) is 0 Å². The van der Waals surface area contributed by atoms with Crippen LogP contribution in [0.25, 0.3) is 0 Å². The molecule has 0 aliphatic rings. The first-order valence-corrected chi connectivity index (χ1v) is 36.3. The smallest absolute Gasteiger partial charge is 0.462 e. The van der Waals surface area contributed by atoms with E-state index >= 15 is 0 Å². The Balaban J connectivity index is 5.23. The van der Waals surface area contributed by atoms with Crippen molar-refractivity contribution in [2.24, 2.45) is 23.7 Å². The molecule has 7 atom stereocenters. The quantitative estimate of drug-likeness (QED) is 0.0222. The largest absolute Gasteiger partial charge is 0.472 e. The molecule has 0 aromatic rings. The lowest BCUT2D eigenvalue weighted by molar-refractivity contribution is -0.161. The number of rotatable bonds is 61. The Morgan fingerprint density at radius 3 is 0.855 bits per heavy atom. The Kier molecular flexibility index (Phi) is 53.0. The number of phosphoric ester groups is 2. The van der Waals surface area contributed by atoms with E-state index in [4.69, 9.17) is 37.0 Å². The lowest BCUT2D eigenvalue weighted by atomic mass is 10.00.